The van der Waals surface area contributed by atoms with E-state index in [1.807, 2.05) is 56.1 Å². The number of carbonyl (C=O) groups is 4. The standard InChI is InChI=1S/C55H66N10O8S/c1-29(2)45(61-53(68)70-6)50(66)63-18-9-13-39(63)48-57-27-37(60-48)34-21-30(3)44-41-23-35-22-32(15-16-38(35)65(41)52(73-42(44)24-34)43-28-58-49(74-43)31-11-8-12-31)36-26-56-47(59-36)40-14-10-19-64(40)51(67)46(62-54(69)71-7)33-17-20-72-55(4,5)25-33/h15-16,21-24,26-29,31,33,39-40,45-46,52H,8-14,17-20,25H2,1-7H3,(H,56,59)(H,57,60)(H,61,68)(H,62,69)/t33?,39-,40-,45-,46?,52?/m0/s1. The lowest BCUT2D eigenvalue weighted by Gasteiger charge is -2.40. The van der Waals surface area contributed by atoms with E-state index in [4.69, 9.17) is 33.9 Å². The minimum absolute atomic E-state index is 0.108. The number of nitrogens with zero attached hydrogens (tertiary/aromatic N) is 6. The third kappa shape index (κ3) is 9.19. The van der Waals surface area contributed by atoms with E-state index in [1.54, 1.807) is 11.3 Å². The Morgan fingerprint density at radius 1 is 0.797 bits per heavy atom. The van der Waals surface area contributed by atoms with E-state index >= 15 is 0 Å². The SMILES string of the molecule is COC(=O)NC(C(=O)N1CCC[C@H]1c1ncc(-c2ccc3c(c2)cc2n3C(c3cnc(C4CCC4)s3)Oc3cc(-c4cnc([C@@H]5CCCN5C(=O)[C@@H](NC(=O)OC)C(C)C)[nH]4)cc(C)c3-2)[nH]1)C1CCOC(C)(C)C1. The number of methoxy groups -OCH3 is 2. The van der Waals surface area contributed by atoms with E-state index < -0.39 is 36.1 Å². The van der Waals surface area contributed by atoms with E-state index in [1.165, 1.54) is 20.6 Å². The number of likely N-dealkylation sites (tertiary alicyclic amines) is 2. The third-order valence-electron chi connectivity index (χ3n) is 15.9. The van der Waals surface area contributed by atoms with Gasteiger partial charge in [0, 0.05) is 53.9 Å². The summed E-state index contributed by atoms with van der Waals surface area (Å²) in [5.74, 6) is 2.09. The molecule has 4 N–H and O–H groups in total. The first kappa shape index (κ1) is 49.5. The van der Waals surface area contributed by atoms with Crippen LogP contribution in [0.15, 0.2) is 55.0 Å². The van der Waals surface area contributed by atoms with Crippen molar-refractivity contribution < 1.29 is 38.1 Å². The first-order chi connectivity index (χ1) is 35.7. The smallest absolute Gasteiger partial charge is 0.407 e. The van der Waals surface area contributed by atoms with E-state index in [0.29, 0.717) is 50.1 Å². The Labute approximate surface area is 434 Å². The van der Waals surface area contributed by atoms with Gasteiger partial charge < -0.3 is 49.3 Å². The molecule has 1 saturated carbocycles. The Hall–Kier alpha value is -6.73. The van der Waals surface area contributed by atoms with Gasteiger partial charge in [0.2, 0.25) is 18.0 Å². The molecule has 3 saturated heterocycles. The van der Waals surface area contributed by atoms with Gasteiger partial charge in [-0.25, -0.2) is 24.5 Å². The van der Waals surface area contributed by atoms with Crippen molar-refractivity contribution in [3.8, 4) is 39.5 Å². The van der Waals surface area contributed by atoms with Gasteiger partial charge in [-0.1, -0.05) is 26.3 Å². The number of imidazole rings is 2. The van der Waals surface area contributed by atoms with Crippen LogP contribution in [0.4, 0.5) is 9.59 Å². The van der Waals surface area contributed by atoms with Crippen LogP contribution in [0.25, 0.3) is 44.7 Å². The highest BCUT2D eigenvalue weighted by Crippen LogP contribution is 2.50. The molecule has 4 amide bonds. The Morgan fingerprint density at radius 3 is 2.12 bits per heavy atom. The Bertz CT molecular complexity index is 3110. The monoisotopic (exact) mass is 1030 g/mol. The van der Waals surface area contributed by atoms with Crippen LogP contribution in [0.2, 0.25) is 0 Å². The minimum atomic E-state index is -0.750. The van der Waals surface area contributed by atoms with Crippen molar-refractivity contribution in [2.45, 2.75) is 134 Å². The van der Waals surface area contributed by atoms with Crippen LogP contribution >= 0.6 is 11.3 Å². The molecule has 0 bridgehead atoms. The van der Waals surface area contributed by atoms with Crippen molar-refractivity contribution in [1.82, 2.24) is 49.9 Å². The highest BCUT2D eigenvalue weighted by molar-refractivity contribution is 7.11. The number of rotatable bonds is 12. The number of fused-ring (bicyclic) bond motifs is 5. The van der Waals surface area contributed by atoms with Crippen LogP contribution in [0, 0.1) is 18.8 Å². The molecular formula is C55H66N10O8S. The predicted molar refractivity (Wildman–Crippen MR) is 278 cm³/mol. The zero-order valence-electron chi connectivity index (χ0n) is 43.2. The maximum absolute atomic E-state index is 14.5. The number of aromatic amines is 2. The number of benzene rings is 2. The number of hydrogen-bond donors (Lipinski definition) is 4. The Morgan fingerprint density at radius 2 is 1.47 bits per heavy atom. The fourth-order valence-electron chi connectivity index (χ4n) is 11.9. The molecule has 0 radical (unpaired) electrons. The maximum atomic E-state index is 14.5. The average molecular weight is 1030 g/mol. The highest BCUT2D eigenvalue weighted by Gasteiger charge is 2.44. The highest BCUT2D eigenvalue weighted by atomic mass is 32.1. The van der Waals surface area contributed by atoms with Crippen LogP contribution in [0.3, 0.4) is 0 Å². The zero-order valence-corrected chi connectivity index (χ0v) is 44.0. The van der Waals surface area contributed by atoms with Crippen LogP contribution in [0.1, 0.15) is 137 Å². The van der Waals surface area contributed by atoms with Gasteiger partial charge in [-0.05, 0) is 120 Å². The predicted octanol–water partition coefficient (Wildman–Crippen LogP) is 9.70. The van der Waals surface area contributed by atoms with Crippen molar-refractivity contribution in [3.05, 3.63) is 82.1 Å². The average Bonchev–Trinajstić information content (AvgIpc) is 4.23. The molecule has 390 valence electrons. The molecule has 8 heterocycles. The topological polar surface area (TPSA) is 211 Å². The summed E-state index contributed by atoms with van der Waals surface area (Å²) in [5, 5.41) is 7.80. The van der Waals surface area contributed by atoms with Crippen LogP contribution in [-0.4, -0.2) is 115 Å². The zero-order chi connectivity index (χ0) is 51.6. The fraction of sp³-hybridized carbons (Fsp3) is 0.509. The summed E-state index contributed by atoms with van der Waals surface area (Å²) in [4.78, 5) is 79.7. The van der Waals surface area contributed by atoms with Gasteiger partial charge in [-0.2, -0.15) is 0 Å². The second-order valence-corrected chi connectivity index (χ2v) is 22.7. The van der Waals surface area contributed by atoms with E-state index in [2.05, 4.69) is 68.5 Å². The summed E-state index contributed by atoms with van der Waals surface area (Å²) in [5.41, 5.74) is 7.17. The van der Waals surface area contributed by atoms with E-state index in [-0.39, 0.29) is 35.7 Å². The first-order valence-corrected chi connectivity index (χ1v) is 27.0. The molecule has 1 aliphatic carbocycles. The number of aryl methyl sites for hydroxylation is 1. The summed E-state index contributed by atoms with van der Waals surface area (Å²) in [6.45, 7) is 11.6. The molecule has 6 aromatic rings. The summed E-state index contributed by atoms with van der Waals surface area (Å²) < 4.78 is 25.3. The molecule has 6 atom stereocenters. The van der Waals surface area contributed by atoms with E-state index in [9.17, 15) is 19.2 Å². The first-order valence-electron chi connectivity index (χ1n) is 26.1. The molecule has 74 heavy (non-hydrogen) atoms. The molecule has 19 heteroatoms. The summed E-state index contributed by atoms with van der Waals surface area (Å²) in [6.07, 6.45) is 11.8. The lowest BCUT2D eigenvalue weighted by atomic mass is 9.82. The molecule has 4 aliphatic heterocycles. The van der Waals surface area contributed by atoms with Gasteiger partial charge in [0.25, 0.3) is 0 Å². The van der Waals surface area contributed by atoms with Gasteiger partial charge in [-0.15, -0.1) is 11.3 Å². The number of H-pyrrole nitrogens is 2. The summed E-state index contributed by atoms with van der Waals surface area (Å²) >= 11 is 1.73. The molecule has 0 spiro atoms. The number of aromatic nitrogens is 6. The molecular weight excluding hydrogens is 961 g/mol. The van der Waals surface area contributed by atoms with Crippen molar-refractivity contribution in [3.63, 3.8) is 0 Å². The molecule has 3 unspecified atom stereocenters. The van der Waals surface area contributed by atoms with Gasteiger partial charge in [0.15, 0.2) is 0 Å². The Kier molecular flexibility index (Phi) is 13.3. The van der Waals surface area contributed by atoms with Crippen molar-refractivity contribution in [2.24, 2.45) is 11.8 Å². The normalized spacial score (nSPS) is 22.2. The number of ether oxygens (including phenoxy) is 4. The lowest BCUT2D eigenvalue weighted by Crippen LogP contribution is -2.54. The van der Waals surface area contributed by atoms with Gasteiger partial charge in [0.05, 0.1) is 76.8 Å². The second kappa shape index (κ2) is 19.8. The number of thiazole rings is 1. The third-order valence-corrected chi connectivity index (χ3v) is 17.1. The molecule has 5 aliphatic rings. The second-order valence-electron chi connectivity index (χ2n) is 21.6. The van der Waals surface area contributed by atoms with Gasteiger partial charge in [-0.3, -0.25) is 14.2 Å². The Balaban J connectivity index is 0.897. The largest absolute Gasteiger partial charge is 0.464 e. The van der Waals surface area contributed by atoms with Crippen molar-refractivity contribution in [2.75, 3.05) is 33.9 Å². The lowest BCUT2D eigenvalue weighted by molar-refractivity contribution is -0.139. The molecule has 18 nitrogen and oxygen atoms in total. The van der Waals surface area contributed by atoms with Gasteiger partial charge in [0.1, 0.15) is 29.5 Å². The molecule has 11 rings (SSSR count). The number of nitrogens with one attached hydrogen (secondary N) is 4. The number of hydrogen-bond acceptors (Lipinski definition) is 12. The van der Waals surface area contributed by atoms with E-state index in [0.717, 1.165) is 104 Å². The minimum Gasteiger partial charge on any atom is -0.464 e. The van der Waals surface area contributed by atoms with Crippen molar-refractivity contribution in [1.29, 1.82) is 0 Å². The van der Waals surface area contributed by atoms with Crippen LogP contribution in [0.5, 0.6) is 5.75 Å². The molecule has 4 aromatic heterocycles. The van der Waals surface area contributed by atoms with Crippen LogP contribution < -0.4 is 15.4 Å². The fourth-order valence-corrected chi connectivity index (χ4v) is 13.0. The molecule has 4 fully saturated rings. The number of carbonyl (C=O) groups excluding carboxylic acids is 4. The van der Waals surface area contributed by atoms with Crippen LogP contribution in [-0.2, 0) is 23.8 Å². The summed E-state index contributed by atoms with van der Waals surface area (Å²) in [6, 6.07) is 10.9. The van der Waals surface area contributed by atoms with Crippen molar-refractivity contribution >= 4 is 46.2 Å². The number of amides is 4. The quantitative estimate of drug-likeness (QED) is 0.0906. The van der Waals surface area contributed by atoms with Gasteiger partial charge >= 0.3 is 12.2 Å². The number of alkyl carbamates (subject to hydrolysis) is 2. The molecule has 2 aromatic carbocycles. The maximum Gasteiger partial charge on any atom is 0.407 e. The summed E-state index contributed by atoms with van der Waals surface area (Å²) in [7, 11) is 2.61.